The highest BCUT2D eigenvalue weighted by molar-refractivity contribution is 5.89. The summed E-state index contributed by atoms with van der Waals surface area (Å²) in [5, 5.41) is 2.27. The molecule has 0 unspecified atom stereocenters. The van der Waals surface area contributed by atoms with E-state index < -0.39 is 0 Å². The summed E-state index contributed by atoms with van der Waals surface area (Å²) in [6.45, 7) is 8.13. The quantitative estimate of drug-likeness (QED) is 0.0701. The minimum atomic E-state index is -0.273. The van der Waals surface area contributed by atoms with Crippen molar-refractivity contribution in [3.8, 4) is 11.5 Å². The van der Waals surface area contributed by atoms with Crippen molar-refractivity contribution in [2.45, 2.75) is 137 Å². The van der Waals surface area contributed by atoms with Gasteiger partial charge in [-0.1, -0.05) is 148 Å². The maximum absolute atomic E-state index is 12.2. The van der Waals surface area contributed by atoms with E-state index >= 15 is 0 Å². The zero-order valence-electron chi connectivity index (χ0n) is 28.6. The largest absolute Gasteiger partial charge is 0.494 e. The van der Waals surface area contributed by atoms with Gasteiger partial charge in [-0.3, -0.25) is 0 Å². The van der Waals surface area contributed by atoms with Gasteiger partial charge >= 0.3 is 5.97 Å². The molecule has 0 aliphatic carbocycles. The predicted molar refractivity (Wildman–Crippen MR) is 190 cm³/mol. The van der Waals surface area contributed by atoms with Gasteiger partial charge in [0, 0.05) is 0 Å². The number of hydrogen-bond donors (Lipinski definition) is 0. The normalized spacial score (nSPS) is 11.9. The number of benzene rings is 3. The summed E-state index contributed by atoms with van der Waals surface area (Å²) < 4.78 is 17.5. The Balaban J connectivity index is 1.24. The van der Waals surface area contributed by atoms with Gasteiger partial charge in [0.25, 0.3) is 0 Å². The van der Waals surface area contributed by atoms with Gasteiger partial charge in [0.05, 0.1) is 18.8 Å². The van der Waals surface area contributed by atoms with E-state index in [0.717, 1.165) is 47.3 Å². The van der Waals surface area contributed by atoms with Crippen LogP contribution in [0.5, 0.6) is 11.5 Å². The first-order chi connectivity index (χ1) is 22.1. The number of fused-ring (bicyclic) bond motifs is 1. The highest BCUT2D eigenvalue weighted by atomic mass is 16.5. The van der Waals surface area contributed by atoms with E-state index in [-0.39, 0.29) is 5.97 Å². The molecule has 45 heavy (non-hydrogen) atoms. The van der Waals surface area contributed by atoms with E-state index in [0.29, 0.717) is 24.7 Å². The molecule has 3 aromatic carbocycles. The molecule has 0 aliphatic heterocycles. The summed E-state index contributed by atoms with van der Waals surface area (Å²) in [5.74, 6) is 1.85. The summed E-state index contributed by atoms with van der Waals surface area (Å²) in [4.78, 5) is 12.2. The maximum Gasteiger partial charge on any atom is 0.338 e. The molecule has 4 heteroatoms. The van der Waals surface area contributed by atoms with Crippen LogP contribution >= 0.6 is 0 Å². The smallest absolute Gasteiger partial charge is 0.338 e. The molecule has 4 nitrogen and oxygen atoms in total. The van der Waals surface area contributed by atoms with Crippen molar-refractivity contribution < 1.29 is 19.0 Å². The average Bonchev–Trinajstić information content (AvgIpc) is 3.07. The van der Waals surface area contributed by atoms with Crippen LogP contribution in [0.15, 0.2) is 60.7 Å². The molecule has 0 aliphatic rings. The van der Waals surface area contributed by atoms with Crippen LogP contribution < -0.4 is 9.47 Å². The Hall–Kier alpha value is -3.01. The van der Waals surface area contributed by atoms with Gasteiger partial charge in [0.15, 0.2) is 0 Å². The van der Waals surface area contributed by atoms with Crippen molar-refractivity contribution >= 4 is 16.7 Å². The molecule has 0 heterocycles. The van der Waals surface area contributed by atoms with Gasteiger partial charge < -0.3 is 14.2 Å². The number of hydrogen-bond acceptors (Lipinski definition) is 4. The van der Waals surface area contributed by atoms with Crippen molar-refractivity contribution in [3.05, 3.63) is 71.8 Å². The van der Waals surface area contributed by atoms with Gasteiger partial charge in [-0.05, 0) is 65.1 Å². The maximum atomic E-state index is 12.2. The van der Waals surface area contributed by atoms with Crippen LogP contribution in [0.4, 0.5) is 0 Å². The molecule has 0 radical (unpaired) electrons. The lowest BCUT2D eigenvalue weighted by molar-refractivity contribution is 0.0447. The summed E-state index contributed by atoms with van der Waals surface area (Å²) in [7, 11) is 0. The second kappa shape index (κ2) is 22.5. The Morgan fingerprint density at radius 2 is 1.09 bits per heavy atom. The van der Waals surface area contributed by atoms with Crippen molar-refractivity contribution in [2.24, 2.45) is 5.92 Å². The van der Waals surface area contributed by atoms with Crippen molar-refractivity contribution in [1.82, 2.24) is 0 Å². The fourth-order valence-corrected chi connectivity index (χ4v) is 5.54. The molecule has 1 atom stereocenters. The minimum absolute atomic E-state index is 0.273. The average molecular weight is 617 g/mol. The Morgan fingerprint density at radius 1 is 0.600 bits per heavy atom. The van der Waals surface area contributed by atoms with Crippen LogP contribution in [0.3, 0.4) is 0 Å². The SMILES string of the molecule is CCCCCCCCCCCCCCCCCCOc1ccc2cc(OCc3ccc(C(=O)OC[C@H](C)CC)cc3)ccc2c1. The van der Waals surface area contributed by atoms with Gasteiger partial charge in [-0.2, -0.15) is 0 Å². The molecule has 0 N–H and O–H groups in total. The summed E-state index contributed by atoms with van der Waals surface area (Å²) in [6, 6.07) is 19.9. The topological polar surface area (TPSA) is 44.8 Å². The molecule has 0 amide bonds. The molecule has 0 saturated heterocycles. The monoisotopic (exact) mass is 616 g/mol. The second-order valence-electron chi connectivity index (χ2n) is 12.9. The van der Waals surface area contributed by atoms with Gasteiger partial charge in [-0.25, -0.2) is 4.79 Å². The lowest BCUT2D eigenvalue weighted by atomic mass is 10.0. The molecule has 3 aromatic rings. The number of carbonyl (C=O) groups is 1. The fraction of sp³-hybridized carbons (Fsp3) is 0.585. The second-order valence-corrected chi connectivity index (χ2v) is 12.9. The molecule has 0 aromatic heterocycles. The first-order valence-corrected chi connectivity index (χ1v) is 18.1. The lowest BCUT2D eigenvalue weighted by Gasteiger charge is -2.11. The van der Waals surface area contributed by atoms with Gasteiger partial charge in [0.1, 0.15) is 18.1 Å². The van der Waals surface area contributed by atoms with E-state index in [1.54, 1.807) is 12.1 Å². The minimum Gasteiger partial charge on any atom is -0.494 e. The lowest BCUT2D eigenvalue weighted by Crippen LogP contribution is -2.11. The van der Waals surface area contributed by atoms with Crippen molar-refractivity contribution in [1.29, 1.82) is 0 Å². The zero-order valence-corrected chi connectivity index (χ0v) is 28.6. The third-order valence-corrected chi connectivity index (χ3v) is 8.84. The highest BCUT2D eigenvalue weighted by Gasteiger charge is 2.09. The van der Waals surface area contributed by atoms with E-state index in [2.05, 4.69) is 51.1 Å². The Morgan fingerprint density at radius 3 is 1.60 bits per heavy atom. The number of unbranched alkanes of at least 4 members (excludes halogenated alkanes) is 15. The third kappa shape index (κ3) is 15.2. The van der Waals surface area contributed by atoms with Crippen LogP contribution in [-0.4, -0.2) is 19.2 Å². The summed E-state index contributed by atoms with van der Waals surface area (Å²) >= 11 is 0. The van der Waals surface area contributed by atoms with Crippen LogP contribution in [0, 0.1) is 5.92 Å². The van der Waals surface area contributed by atoms with Crippen molar-refractivity contribution in [2.75, 3.05) is 13.2 Å². The van der Waals surface area contributed by atoms with Gasteiger partial charge in [-0.15, -0.1) is 0 Å². The molecular formula is C41H60O4. The molecule has 248 valence electrons. The van der Waals surface area contributed by atoms with Crippen molar-refractivity contribution in [3.63, 3.8) is 0 Å². The van der Waals surface area contributed by atoms with Crippen LogP contribution in [-0.2, 0) is 11.3 Å². The van der Waals surface area contributed by atoms with E-state index in [4.69, 9.17) is 14.2 Å². The standard InChI is InChI=1S/C41H60O4/c1-4-6-7-8-9-10-11-12-13-14-15-16-17-18-19-20-29-43-39-27-25-38-31-40(28-26-37(38)30-39)44-33-35-21-23-36(24-22-35)41(42)45-32-34(3)5-2/h21-28,30-31,34H,4-20,29,32-33H2,1-3H3/t34-/m1/s1. The summed E-state index contributed by atoms with van der Waals surface area (Å²) in [6.07, 6.45) is 23.1. The molecular weight excluding hydrogens is 556 g/mol. The molecule has 0 fully saturated rings. The Bertz CT molecular complexity index is 1200. The first kappa shape index (κ1) is 36.5. The zero-order chi connectivity index (χ0) is 32.0. The van der Waals surface area contributed by atoms with E-state index in [1.165, 1.54) is 96.3 Å². The number of ether oxygens (including phenoxy) is 3. The predicted octanol–water partition coefficient (Wildman–Crippen LogP) is 12.3. The van der Waals surface area contributed by atoms with Gasteiger partial charge in [0.2, 0.25) is 0 Å². The number of rotatable bonds is 25. The van der Waals surface area contributed by atoms with Crippen LogP contribution in [0.25, 0.3) is 10.8 Å². The summed E-state index contributed by atoms with van der Waals surface area (Å²) in [5.41, 5.74) is 1.58. The van der Waals surface area contributed by atoms with E-state index in [9.17, 15) is 4.79 Å². The van der Waals surface area contributed by atoms with Crippen LogP contribution in [0.1, 0.15) is 146 Å². The number of carbonyl (C=O) groups excluding carboxylic acids is 1. The third-order valence-electron chi connectivity index (χ3n) is 8.84. The Kier molecular flexibility index (Phi) is 18.2. The Labute approximate surface area is 274 Å². The van der Waals surface area contributed by atoms with Crippen LogP contribution in [0.2, 0.25) is 0 Å². The molecule has 3 rings (SSSR count). The number of esters is 1. The highest BCUT2D eigenvalue weighted by Crippen LogP contribution is 2.26. The molecule has 0 spiro atoms. The molecule has 0 bridgehead atoms. The first-order valence-electron chi connectivity index (χ1n) is 18.1. The fourth-order valence-electron chi connectivity index (χ4n) is 5.54. The molecule has 0 saturated carbocycles. The van der Waals surface area contributed by atoms with E-state index in [1.807, 2.05) is 18.2 Å².